The van der Waals surface area contributed by atoms with E-state index in [1.165, 1.54) is 21.2 Å². The van der Waals surface area contributed by atoms with Crippen molar-refractivity contribution in [2.45, 2.75) is 110 Å². The van der Waals surface area contributed by atoms with Gasteiger partial charge >= 0.3 is 6.03 Å². The standard InChI is InChI=1S/C49H67N9O7S/c1-10-57-38-15-14-32-21-34(38)35(44(57)33-13-11-17-50-42(33)31(4)63-9)23-48(5,6)28-64-29-49(27-59)16-12-18-58(53-49)46(61)36(22-41-51-37(32)26-66-41)52-45(60)43(30(2)3)55(8)47(62)56-24-39-40(25-56)65-20-19-54(39)7/h11,13-15,17,21,26-27,30-31,36,39-40,43,53H,10,12,16,18-20,22-25,28-29H2,1-9H3,(H,52,60)/t31-,36-,39+,40-,43-,49-/m0/s1. The van der Waals surface area contributed by atoms with Gasteiger partial charge in [-0.05, 0) is 81.3 Å². The minimum absolute atomic E-state index is 0.0454. The molecule has 0 spiro atoms. The first-order valence-electron chi connectivity index (χ1n) is 23.4. The van der Waals surface area contributed by atoms with E-state index in [1.54, 1.807) is 19.1 Å². The summed E-state index contributed by atoms with van der Waals surface area (Å²) in [6, 6.07) is 8.43. The van der Waals surface area contributed by atoms with E-state index >= 15 is 0 Å². The van der Waals surface area contributed by atoms with Gasteiger partial charge in [0.1, 0.15) is 23.9 Å². The predicted molar refractivity (Wildman–Crippen MR) is 254 cm³/mol. The number of morpholine rings is 1. The molecule has 356 valence electrons. The summed E-state index contributed by atoms with van der Waals surface area (Å²) in [6.45, 7) is 16.1. The van der Waals surface area contributed by atoms with Crippen LogP contribution in [0.4, 0.5) is 4.79 Å². The highest BCUT2D eigenvalue weighted by atomic mass is 32.1. The molecule has 3 fully saturated rings. The number of likely N-dealkylation sites (tertiary alicyclic amines) is 1. The number of pyridine rings is 1. The average molecular weight is 926 g/mol. The molecule has 4 aliphatic rings. The minimum atomic E-state index is -1.17. The van der Waals surface area contributed by atoms with Crippen molar-refractivity contribution in [3.63, 3.8) is 0 Å². The molecule has 2 N–H and O–H groups in total. The normalized spacial score (nSPS) is 24.8. The zero-order valence-corrected chi connectivity index (χ0v) is 40.8. The number of hydrazine groups is 1. The van der Waals surface area contributed by atoms with Crippen molar-refractivity contribution in [3.05, 3.63) is 58.2 Å². The van der Waals surface area contributed by atoms with Crippen LogP contribution in [0.1, 0.15) is 76.8 Å². The smallest absolute Gasteiger partial charge is 0.320 e. The summed E-state index contributed by atoms with van der Waals surface area (Å²) in [5, 5.41) is 8.28. The Bertz CT molecular complexity index is 2440. The number of benzene rings is 1. The second kappa shape index (κ2) is 19.4. The van der Waals surface area contributed by atoms with Crippen LogP contribution in [-0.4, -0.2) is 155 Å². The number of aryl methyl sites for hydroxylation is 1. The van der Waals surface area contributed by atoms with Crippen LogP contribution >= 0.6 is 11.3 Å². The third-order valence-electron chi connectivity index (χ3n) is 14.0. The molecule has 3 aromatic heterocycles. The van der Waals surface area contributed by atoms with Gasteiger partial charge in [-0.1, -0.05) is 33.8 Å². The molecule has 6 atom stereocenters. The number of nitrogens with zero attached hydrogens (tertiary/aromatic N) is 7. The number of rotatable bonds is 9. The molecule has 7 heterocycles. The number of thiazole rings is 1. The number of likely N-dealkylation sites (N-methyl/N-ethyl adjacent to an activating group) is 2. The number of carbonyl (C=O) groups excluding carboxylic acids is 4. The molecule has 0 unspecified atom stereocenters. The van der Waals surface area contributed by atoms with Crippen LogP contribution in [0.15, 0.2) is 41.9 Å². The summed E-state index contributed by atoms with van der Waals surface area (Å²) < 4.78 is 20.7. The van der Waals surface area contributed by atoms with Gasteiger partial charge < -0.3 is 38.7 Å². The Kier molecular flexibility index (Phi) is 14.1. The monoisotopic (exact) mass is 925 g/mol. The van der Waals surface area contributed by atoms with Crippen LogP contribution in [0.5, 0.6) is 0 Å². The molecule has 0 saturated carbocycles. The Hall–Kier alpha value is -4.78. The Morgan fingerprint density at radius 1 is 1.15 bits per heavy atom. The first-order valence-corrected chi connectivity index (χ1v) is 24.3. The summed E-state index contributed by atoms with van der Waals surface area (Å²) in [5.41, 5.74) is 8.56. The van der Waals surface area contributed by atoms with Crippen molar-refractivity contribution in [2.75, 3.05) is 67.2 Å². The summed E-state index contributed by atoms with van der Waals surface area (Å²) in [5.74, 6) is -1.13. The van der Waals surface area contributed by atoms with Crippen LogP contribution in [0.25, 0.3) is 33.4 Å². The molecule has 8 rings (SSSR count). The zero-order valence-electron chi connectivity index (χ0n) is 40.0. The van der Waals surface area contributed by atoms with Crippen LogP contribution in [-0.2, 0) is 48.0 Å². The molecule has 66 heavy (non-hydrogen) atoms. The van der Waals surface area contributed by atoms with E-state index in [9.17, 15) is 19.2 Å². The number of carbonyl (C=O) groups is 4. The van der Waals surface area contributed by atoms with E-state index < -0.39 is 34.9 Å². The lowest BCUT2D eigenvalue weighted by atomic mass is 9.84. The predicted octanol–water partition coefficient (Wildman–Crippen LogP) is 5.34. The molecule has 16 nitrogen and oxygen atoms in total. The van der Waals surface area contributed by atoms with E-state index in [2.05, 4.69) is 65.2 Å². The second-order valence-electron chi connectivity index (χ2n) is 19.8. The number of amides is 4. The van der Waals surface area contributed by atoms with E-state index in [1.807, 2.05) is 45.5 Å². The van der Waals surface area contributed by atoms with Gasteiger partial charge in [0.25, 0.3) is 5.91 Å². The number of aldehydes is 1. The summed E-state index contributed by atoms with van der Waals surface area (Å²) >= 11 is 1.43. The molecular weight excluding hydrogens is 859 g/mol. The number of aromatic nitrogens is 3. The molecule has 1 aromatic carbocycles. The lowest BCUT2D eigenvalue weighted by molar-refractivity contribution is -0.147. The molecule has 3 saturated heterocycles. The largest absolute Gasteiger partial charge is 0.378 e. The summed E-state index contributed by atoms with van der Waals surface area (Å²) in [6.07, 6.45) is 4.09. The highest BCUT2D eigenvalue weighted by Gasteiger charge is 2.45. The number of hydrogen-bond acceptors (Lipinski definition) is 12. The molecule has 17 heteroatoms. The van der Waals surface area contributed by atoms with Crippen molar-refractivity contribution < 1.29 is 33.4 Å². The van der Waals surface area contributed by atoms with Crippen LogP contribution in [0, 0.1) is 11.3 Å². The quantitative estimate of drug-likeness (QED) is 0.209. The summed E-state index contributed by atoms with van der Waals surface area (Å²) in [4.78, 5) is 72.0. The number of hydrogen-bond donors (Lipinski definition) is 2. The second-order valence-corrected chi connectivity index (χ2v) is 20.7. The molecule has 4 aromatic rings. The van der Waals surface area contributed by atoms with Gasteiger partial charge in [0.15, 0.2) is 0 Å². The van der Waals surface area contributed by atoms with E-state index in [-0.39, 0.29) is 43.2 Å². The first kappa shape index (κ1) is 47.7. The Labute approximate surface area is 392 Å². The van der Waals surface area contributed by atoms with Crippen LogP contribution < -0.4 is 10.7 Å². The van der Waals surface area contributed by atoms with E-state index in [0.29, 0.717) is 57.1 Å². The molecular formula is C49H67N9O7S. The highest BCUT2D eigenvalue weighted by Crippen LogP contribution is 2.42. The lowest BCUT2D eigenvalue weighted by Gasteiger charge is -2.42. The van der Waals surface area contributed by atoms with Gasteiger partial charge in [-0.15, -0.1) is 11.3 Å². The van der Waals surface area contributed by atoms with Crippen molar-refractivity contribution >= 4 is 46.4 Å². The van der Waals surface area contributed by atoms with Crippen molar-refractivity contribution in [1.82, 2.24) is 45.0 Å². The fourth-order valence-corrected chi connectivity index (χ4v) is 11.3. The maximum absolute atomic E-state index is 14.8. The lowest BCUT2D eigenvalue weighted by Crippen LogP contribution is -2.66. The maximum Gasteiger partial charge on any atom is 0.320 e. The van der Waals surface area contributed by atoms with Gasteiger partial charge in [-0.2, -0.15) is 0 Å². The van der Waals surface area contributed by atoms with Crippen LogP contribution in [0.2, 0.25) is 0 Å². The average Bonchev–Trinajstić information content (AvgIpc) is 4.04. The van der Waals surface area contributed by atoms with Crippen molar-refractivity contribution in [1.29, 1.82) is 0 Å². The number of fused-ring (bicyclic) bond motifs is 7. The fraction of sp³-hybridized carbons (Fsp3) is 0.592. The van der Waals surface area contributed by atoms with Crippen molar-refractivity contribution in [2.24, 2.45) is 11.3 Å². The Morgan fingerprint density at radius 2 is 1.95 bits per heavy atom. The Balaban J connectivity index is 1.16. The zero-order chi connectivity index (χ0) is 47.1. The first-order chi connectivity index (χ1) is 31.6. The van der Waals surface area contributed by atoms with Gasteiger partial charge in [0.2, 0.25) is 5.91 Å². The van der Waals surface area contributed by atoms with Gasteiger partial charge in [0.05, 0.1) is 66.7 Å². The highest BCUT2D eigenvalue weighted by molar-refractivity contribution is 7.10. The number of nitrogens with one attached hydrogen (secondary N) is 2. The number of ether oxygens (including phenoxy) is 3. The molecule has 0 aliphatic carbocycles. The maximum atomic E-state index is 14.8. The third-order valence-corrected chi connectivity index (χ3v) is 14.9. The molecule has 6 bridgehead atoms. The van der Waals surface area contributed by atoms with Crippen molar-refractivity contribution in [3.8, 4) is 22.5 Å². The minimum Gasteiger partial charge on any atom is -0.378 e. The number of urea groups is 1. The van der Waals surface area contributed by atoms with Gasteiger partial charge in [-0.3, -0.25) is 24.5 Å². The van der Waals surface area contributed by atoms with E-state index in [0.717, 1.165) is 64.1 Å². The SMILES string of the molecule is CCn1c(-c2cccnc2[C@H](C)OC)c2c3cc(ccc31)-c1csc(n1)C[C@H](NC(=O)[C@H](C(C)C)N(C)C(=O)N1C[C@@H]3OCCN(C)[C@@H]3C1)C(=O)N1CCC[C@](C=O)(COCC(C)(C)C2)N1. The summed E-state index contributed by atoms with van der Waals surface area (Å²) in [7, 11) is 5.40. The Morgan fingerprint density at radius 3 is 2.68 bits per heavy atom. The topological polar surface area (TPSA) is 164 Å². The van der Waals surface area contributed by atoms with Gasteiger partial charge in [0, 0.05) is 80.4 Å². The number of methoxy groups -OCH3 is 1. The van der Waals surface area contributed by atoms with Crippen LogP contribution in [0.3, 0.4) is 0 Å². The molecule has 4 aliphatic heterocycles. The molecule has 0 radical (unpaired) electrons. The van der Waals surface area contributed by atoms with E-state index in [4.69, 9.17) is 24.2 Å². The fourth-order valence-electron chi connectivity index (χ4n) is 10.5. The third kappa shape index (κ3) is 9.39. The van der Waals surface area contributed by atoms with Gasteiger partial charge in [-0.25, -0.2) is 15.2 Å². The molecule has 4 amide bonds.